The predicted octanol–water partition coefficient (Wildman–Crippen LogP) is 3.04. The number of amides is 2. The molecule has 174 valence electrons. The van der Waals surface area contributed by atoms with Crippen LogP contribution in [0.5, 0.6) is 0 Å². The lowest BCUT2D eigenvalue weighted by Gasteiger charge is -2.12. The standard InChI is InChI=1S/C22H31N5O4S/c1-4-5-12-31-21(30)16-6-8-17(9-7-16)24-20(29)14-32-22-26-25-19(11-10-18(23)28)27(22)13-15(2)3/h6-9,15H,4-5,10-14H2,1-3H3,(H2,23,28)(H,24,29). The van der Waals surface area contributed by atoms with Crippen LogP contribution in [0.25, 0.3) is 0 Å². The van der Waals surface area contributed by atoms with Crippen LogP contribution in [0.15, 0.2) is 29.4 Å². The number of thioether (sulfide) groups is 1. The molecule has 0 atom stereocenters. The van der Waals surface area contributed by atoms with Crippen molar-refractivity contribution in [2.45, 2.75) is 58.2 Å². The Morgan fingerprint density at radius 3 is 2.53 bits per heavy atom. The number of nitrogens with two attached hydrogens (primary N) is 1. The number of nitrogens with zero attached hydrogens (tertiary/aromatic N) is 3. The van der Waals surface area contributed by atoms with Crippen molar-refractivity contribution in [3.05, 3.63) is 35.7 Å². The van der Waals surface area contributed by atoms with E-state index in [9.17, 15) is 14.4 Å². The summed E-state index contributed by atoms with van der Waals surface area (Å²) in [6.07, 6.45) is 2.40. The molecule has 0 bridgehead atoms. The summed E-state index contributed by atoms with van der Waals surface area (Å²) in [5.74, 6) is 0.209. The van der Waals surface area contributed by atoms with Gasteiger partial charge in [-0.25, -0.2) is 4.79 Å². The van der Waals surface area contributed by atoms with E-state index < -0.39 is 5.91 Å². The molecule has 2 rings (SSSR count). The highest BCUT2D eigenvalue weighted by molar-refractivity contribution is 7.99. The number of ether oxygens (including phenoxy) is 1. The van der Waals surface area contributed by atoms with Gasteiger partial charge < -0.3 is 20.4 Å². The zero-order chi connectivity index (χ0) is 23.5. The van der Waals surface area contributed by atoms with Gasteiger partial charge in [0.1, 0.15) is 5.82 Å². The predicted molar refractivity (Wildman–Crippen MR) is 123 cm³/mol. The first-order valence-corrected chi connectivity index (χ1v) is 11.7. The fraction of sp³-hybridized carbons (Fsp3) is 0.500. The van der Waals surface area contributed by atoms with E-state index in [1.807, 2.05) is 11.5 Å². The molecule has 0 radical (unpaired) electrons. The number of primary amides is 1. The quantitative estimate of drug-likeness (QED) is 0.266. The van der Waals surface area contributed by atoms with Crippen LogP contribution < -0.4 is 11.1 Å². The molecule has 0 spiro atoms. The maximum Gasteiger partial charge on any atom is 0.338 e. The summed E-state index contributed by atoms with van der Waals surface area (Å²) in [5, 5.41) is 11.8. The minimum atomic E-state index is -0.391. The lowest BCUT2D eigenvalue weighted by atomic mass is 10.2. The average molecular weight is 462 g/mol. The number of nitrogens with one attached hydrogen (secondary N) is 1. The molecule has 1 aromatic carbocycles. The van der Waals surface area contributed by atoms with Gasteiger partial charge in [-0.2, -0.15) is 0 Å². The van der Waals surface area contributed by atoms with Crippen molar-refractivity contribution in [1.29, 1.82) is 0 Å². The van der Waals surface area contributed by atoms with Gasteiger partial charge in [0.05, 0.1) is 17.9 Å². The molecule has 0 saturated carbocycles. The van der Waals surface area contributed by atoms with Crippen LogP contribution in [0.2, 0.25) is 0 Å². The molecule has 32 heavy (non-hydrogen) atoms. The lowest BCUT2D eigenvalue weighted by molar-refractivity contribution is -0.118. The summed E-state index contributed by atoms with van der Waals surface area (Å²) in [6, 6.07) is 6.59. The molecular formula is C22H31N5O4S. The molecule has 0 fully saturated rings. The molecule has 0 aliphatic rings. The Hall–Kier alpha value is -2.88. The smallest absolute Gasteiger partial charge is 0.338 e. The van der Waals surface area contributed by atoms with E-state index in [0.717, 1.165) is 12.8 Å². The summed E-state index contributed by atoms with van der Waals surface area (Å²) in [7, 11) is 0. The highest BCUT2D eigenvalue weighted by atomic mass is 32.2. The molecular weight excluding hydrogens is 430 g/mol. The number of unbranched alkanes of at least 4 members (excludes halogenated alkanes) is 1. The summed E-state index contributed by atoms with van der Waals surface area (Å²) in [4.78, 5) is 35.4. The van der Waals surface area contributed by atoms with Crippen LogP contribution >= 0.6 is 11.8 Å². The maximum atomic E-state index is 12.4. The van der Waals surface area contributed by atoms with E-state index in [-0.39, 0.29) is 24.1 Å². The average Bonchev–Trinajstić information content (AvgIpc) is 3.12. The summed E-state index contributed by atoms with van der Waals surface area (Å²) < 4.78 is 7.11. The van der Waals surface area contributed by atoms with E-state index in [1.54, 1.807) is 24.3 Å². The molecule has 1 aromatic heterocycles. The van der Waals surface area contributed by atoms with Gasteiger partial charge in [-0.05, 0) is 36.6 Å². The first kappa shape index (κ1) is 25.4. The number of carbonyl (C=O) groups excluding carboxylic acids is 3. The first-order valence-electron chi connectivity index (χ1n) is 10.7. The molecule has 0 aliphatic carbocycles. The number of rotatable bonds is 13. The summed E-state index contributed by atoms with van der Waals surface area (Å²) in [5.41, 5.74) is 6.28. The molecule has 0 unspecified atom stereocenters. The van der Waals surface area contributed by atoms with Crippen molar-refractivity contribution in [2.75, 3.05) is 17.7 Å². The van der Waals surface area contributed by atoms with Crippen LogP contribution in [0.4, 0.5) is 5.69 Å². The first-order chi connectivity index (χ1) is 15.3. The van der Waals surface area contributed by atoms with Gasteiger partial charge in [0.15, 0.2) is 5.16 Å². The van der Waals surface area contributed by atoms with Gasteiger partial charge in [-0.3, -0.25) is 9.59 Å². The minimum absolute atomic E-state index is 0.146. The Labute approximate surface area is 192 Å². The van der Waals surface area contributed by atoms with Gasteiger partial charge in [-0.15, -0.1) is 10.2 Å². The number of hydrogen-bond donors (Lipinski definition) is 2. The molecule has 10 heteroatoms. The highest BCUT2D eigenvalue weighted by Crippen LogP contribution is 2.20. The van der Waals surface area contributed by atoms with Crippen LogP contribution in [-0.4, -0.2) is 44.9 Å². The Kier molecular flexibility index (Phi) is 10.2. The fourth-order valence-electron chi connectivity index (χ4n) is 2.80. The zero-order valence-corrected chi connectivity index (χ0v) is 19.6. The minimum Gasteiger partial charge on any atom is -0.462 e. The lowest BCUT2D eigenvalue weighted by Crippen LogP contribution is -2.17. The number of aryl methyl sites for hydroxylation is 1. The van der Waals surface area contributed by atoms with Crippen LogP contribution in [0.1, 0.15) is 56.2 Å². The Bertz CT molecular complexity index is 912. The second-order valence-corrected chi connectivity index (χ2v) is 8.72. The largest absolute Gasteiger partial charge is 0.462 e. The number of aromatic nitrogens is 3. The van der Waals surface area contributed by atoms with Crippen molar-refractivity contribution < 1.29 is 19.1 Å². The van der Waals surface area contributed by atoms with Gasteiger partial charge in [0.25, 0.3) is 0 Å². The van der Waals surface area contributed by atoms with Gasteiger partial charge in [-0.1, -0.05) is 39.0 Å². The SMILES string of the molecule is CCCCOC(=O)c1ccc(NC(=O)CSc2nnc(CCC(N)=O)n2CC(C)C)cc1. The molecule has 1 heterocycles. The third-order valence-corrected chi connectivity index (χ3v) is 5.37. The van der Waals surface area contributed by atoms with Gasteiger partial charge >= 0.3 is 5.97 Å². The fourth-order valence-corrected chi connectivity index (χ4v) is 3.57. The maximum absolute atomic E-state index is 12.4. The van der Waals surface area contributed by atoms with Crippen molar-refractivity contribution in [2.24, 2.45) is 11.7 Å². The second kappa shape index (κ2) is 12.8. The Morgan fingerprint density at radius 2 is 1.91 bits per heavy atom. The molecule has 0 saturated heterocycles. The third kappa shape index (κ3) is 8.33. The number of benzene rings is 1. The third-order valence-electron chi connectivity index (χ3n) is 4.40. The summed E-state index contributed by atoms with van der Waals surface area (Å²) in [6.45, 7) is 7.25. The number of hydrogen-bond acceptors (Lipinski definition) is 7. The van der Waals surface area contributed by atoms with Gasteiger partial charge in [0.2, 0.25) is 11.8 Å². The Balaban J connectivity index is 1.92. The van der Waals surface area contributed by atoms with Crippen LogP contribution in [-0.2, 0) is 27.3 Å². The van der Waals surface area contributed by atoms with Crippen molar-refractivity contribution >= 4 is 35.2 Å². The van der Waals surface area contributed by atoms with E-state index in [4.69, 9.17) is 10.5 Å². The van der Waals surface area contributed by atoms with Crippen molar-refractivity contribution in [3.8, 4) is 0 Å². The number of anilines is 1. The summed E-state index contributed by atoms with van der Waals surface area (Å²) >= 11 is 1.28. The van der Waals surface area contributed by atoms with Crippen LogP contribution in [0, 0.1) is 5.92 Å². The van der Waals surface area contributed by atoms with Crippen LogP contribution in [0.3, 0.4) is 0 Å². The highest BCUT2D eigenvalue weighted by Gasteiger charge is 2.16. The molecule has 9 nitrogen and oxygen atoms in total. The van der Waals surface area contributed by atoms with Crippen molar-refractivity contribution in [3.63, 3.8) is 0 Å². The monoisotopic (exact) mass is 461 g/mol. The van der Waals surface area contributed by atoms with Gasteiger partial charge in [0, 0.05) is 25.1 Å². The second-order valence-electron chi connectivity index (χ2n) is 7.77. The molecule has 2 aromatic rings. The van der Waals surface area contributed by atoms with E-state index >= 15 is 0 Å². The Morgan fingerprint density at radius 1 is 1.19 bits per heavy atom. The number of esters is 1. The molecule has 3 N–H and O–H groups in total. The molecule has 2 amide bonds. The zero-order valence-electron chi connectivity index (χ0n) is 18.8. The normalized spacial score (nSPS) is 10.9. The van der Waals surface area contributed by atoms with E-state index in [0.29, 0.717) is 47.7 Å². The van der Waals surface area contributed by atoms with E-state index in [2.05, 4.69) is 29.4 Å². The van der Waals surface area contributed by atoms with E-state index in [1.165, 1.54) is 11.8 Å². The number of carbonyl (C=O) groups is 3. The molecule has 0 aliphatic heterocycles. The van der Waals surface area contributed by atoms with Crippen molar-refractivity contribution in [1.82, 2.24) is 14.8 Å². The topological polar surface area (TPSA) is 129 Å².